The SMILES string of the molecule is CCCNC1CC(Oc2cccc(C)c2F)C12CCCC2. The van der Waals surface area contributed by atoms with Crippen molar-refractivity contribution in [3.8, 4) is 5.75 Å². The lowest BCUT2D eigenvalue weighted by atomic mass is 9.60. The first-order chi connectivity index (χ1) is 10.2. The predicted octanol–water partition coefficient (Wildman–Crippen LogP) is 4.21. The van der Waals surface area contributed by atoms with E-state index in [1.165, 1.54) is 25.7 Å². The maximum Gasteiger partial charge on any atom is 0.167 e. The van der Waals surface area contributed by atoms with Crippen LogP contribution in [-0.2, 0) is 0 Å². The summed E-state index contributed by atoms with van der Waals surface area (Å²) in [6.07, 6.45) is 7.32. The van der Waals surface area contributed by atoms with E-state index in [-0.39, 0.29) is 17.3 Å². The van der Waals surface area contributed by atoms with Crippen LogP contribution < -0.4 is 10.1 Å². The molecule has 1 aromatic rings. The van der Waals surface area contributed by atoms with E-state index in [0.29, 0.717) is 17.4 Å². The van der Waals surface area contributed by atoms with Crippen molar-refractivity contribution in [2.75, 3.05) is 6.54 Å². The van der Waals surface area contributed by atoms with E-state index in [2.05, 4.69) is 12.2 Å². The summed E-state index contributed by atoms with van der Waals surface area (Å²) in [5.74, 6) is 0.232. The maximum atomic E-state index is 14.2. The van der Waals surface area contributed by atoms with Gasteiger partial charge in [-0.3, -0.25) is 0 Å². The molecule has 1 spiro atoms. The summed E-state index contributed by atoms with van der Waals surface area (Å²) in [6, 6.07) is 5.98. The highest BCUT2D eigenvalue weighted by molar-refractivity contribution is 5.31. The molecule has 0 aromatic heterocycles. The smallest absolute Gasteiger partial charge is 0.167 e. The van der Waals surface area contributed by atoms with Crippen LogP contribution in [0.2, 0.25) is 0 Å². The average molecular weight is 291 g/mol. The summed E-state index contributed by atoms with van der Waals surface area (Å²) in [7, 11) is 0. The quantitative estimate of drug-likeness (QED) is 0.877. The van der Waals surface area contributed by atoms with Gasteiger partial charge in [0.1, 0.15) is 6.10 Å². The van der Waals surface area contributed by atoms with Crippen LogP contribution in [0.4, 0.5) is 4.39 Å². The molecule has 2 aliphatic rings. The molecule has 2 fully saturated rings. The van der Waals surface area contributed by atoms with E-state index < -0.39 is 0 Å². The zero-order valence-electron chi connectivity index (χ0n) is 13.1. The van der Waals surface area contributed by atoms with Gasteiger partial charge in [-0.15, -0.1) is 0 Å². The zero-order valence-corrected chi connectivity index (χ0v) is 13.1. The first kappa shape index (κ1) is 14.8. The van der Waals surface area contributed by atoms with Crippen molar-refractivity contribution < 1.29 is 9.13 Å². The number of ether oxygens (including phenoxy) is 1. The topological polar surface area (TPSA) is 21.3 Å². The van der Waals surface area contributed by atoms with Gasteiger partial charge in [0.15, 0.2) is 11.6 Å². The molecule has 0 heterocycles. The van der Waals surface area contributed by atoms with Crippen LogP contribution in [0.3, 0.4) is 0 Å². The van der Waals surface area contributed by atoms with Crippen LogP contribution in [0.25, 0.3) is 0 Å². The summed E-state index contributed by atoms with van der Waals surface area (Å²) >= 11 is 0. The highest BCUT2D eigenvalue weighted by Gasteiger charge is 2.57. The minimum atomic E-state index is -0.199. The second kappa shape index (κ2) is 5.96. The number of benzene rings is 1. The first-order valence-electron chi connectivity index (χ1n) is 8.32. The van der Waals surface area contributed by atoms with E-state index >= 15 is 0 Å². The van der Waals surface area contributed by atoms with Gasteiger partial charge in [0.2, 0.25) is 0 Å². The van der Waals surface area contributed by atoms with Crippen molar-refractivity contribution in [3.63, 3.8) is 0 Å². The van der Waals surface area contributed by atoms with Gasteiger partial charge in [-0.05, 0) is 44.4 Å². The van der Waals surface area contributed by atoms with Gasteiger partial charge in [-0.25, -0.2) is 4.39 Å². The molecular weight excluding hydrogens is 265 g/mol. The van der Waals surface area contributed by atoms with Gasteiger partial charge in [-0.1, -0.05) is 31.9 Å². The Bertz CT molecular complexity index is 496. The third kappa shape index (κ3) is 2.57. The lowest BCUT2D eigenvalue weighted by Crippen LogP contribution is -2.63. The normalized spacial score (nSPS) is 26.8. The fourth-order valence-electron chi connectivity index (χ4n) is 4.09. The lowest BCUT2D eigenvalue weighted by Gasteiger charge is -2.54. The van der Waals surface area contributed by atoms with E-state index in [9.17, 15) is 4.39 Å². The van der Waals surface area contributed by atoms with Crippen LogP contribution >= 0.6 is 0 Å². The molecule has 2 atom stereocenters. The summed E-state index contributed by atoms with van der Waals surface area (Å²) in [5, 5.41) is 3.67. The molecule has 0 aliphatic heterocycles. The number of rotatable bonds is 5. The molecule has 3 rings (SSSR count). The highest BCUT2D eigenvalue weighted by atomic mass is 19.1. The number of nitrogens with one attached hydrogen (secondary N) is 1. The summed E-state index contributed by atoms with van der Waals surface area (Å²) in [5.41, 5.74) is 0.902. The van der Waals surface area contributed by atoms with Crippen molar-refractivity contribution in [1.82, 2.24) is 5.32 Å². The van der Waals surface area contributed by atoms with Crippen LogP contribution in [0.15, 0.2) is 18.2 Å². The number of aryl methyl sites for hydroxylation is 1. The van der Waals surface area contributed by atoms with Crippen molar-refractivity contribution >= 4 is 0 Å². The van der Waals surface area contributed by atoms with Crippen LogP contribution in [0.1, 0.15) is 51.0 Å². The fraction of sp³-hybridized carbons (Fsp3) is 0.667. The van der Waals surface area contributed by atoms with Gasteiger partial charge >= 0.3 is 0 Å². The Kier molecular flexibility index (Phi) is 4.21. The van der Waals surface area contributed by atoms with E-state index in [1.54, 1.807) is 19.1 Å². The second-order valence-corrected chi connectivity index (χ2v) is 6.68. The number of hydrogen-bond donors (Lipinski definition) is 1. The van der Waals surface area contributed by atoms with Gasteiger partial charge in [0.25, 0.3) is 0 Å². The molecule has 1 aromatic carbocycles. The van der Waals surface area contributed by atoms with Gasteiger partial charge < -0.3 is 10.1 Å². The van der Waals surface area contributed by atoms with E-state index in [0.717, 1.165) is 19.4 Å². The summed E-state index contributed by atoms with van der Waals surface area (Å²) in [4.78, 5) is 0. The Morgan fingerprint density at radius 1 is 1.33 bits per heavy atom. The molecule has 0 bridgehead atoms. The monoisotopic (exact) mass is 291 g/mol. The standard InChI is InChI=1S/C18H26FNO/c1-3-11-20-15-12-16(18(15)9-4-5-10-18)21-14-8-6-7-13(2)17(14)19/h6-8,15-16,20H,3-5,9-12H2,1-2H3. The van der Waals surface area contributed by atoms with Crippen molar-refractivity contribution in [2.24, 2.45) is 5.41 Å². The first-order valence-corrected chi connectivity index (χ1v) is 8.32. The summed E-state index contributed by atoms with van der Waals surface area (Å²) < 4.78 is 20.3. The van der Waals surface area contributed by atoms with E-state index in [4.69, 9.17) is 4.74 Å². The van der Waals surface area contributed by atoms with Crippen molar-refractivity contribution in [1.29, 1.82) is 0 Å². The lowest BCUT2D eigenvalue weighted by molar-refractivity contribution is -0.0774. The molecule has 0 amide bonds. The second-order valence-electron chi connectivity index (χ2n) is 6.68. The Hall–Kier alpha value is -1.09. The van der Waals surface area contributed by atoms with Crippen molar-refractivity contribution in [3.05, 3.63) is 29.6 Å². The third-order valence-electron chi connectivity index (χ3n) is 5.39. The molecular formula is C18H26FNO. The minimum absolute atomic E-state index is 0.172. The molecule has 2 saturated carbocycles. The van der Waals surface area contributed by atoms with Crippen LogP contribution in [0.5, 0.6) is 5.75 Å². The molecule has 116 valence electrons. The maximum absolute atomic E-state index is 14.2. The predicted molar refractivity (Wildman–Crippen MR) is 83.2 cm³/mol. The fourth-order valence-corrected chi connectivity index (χ4v) is 4.09. The molecule has 21 heavy (non-hydrogen) atoms. The molecule has 0 radical (unpaired) electrons. The summed E-state index contributed by atoms with van der Waals surface area (Å²) in [6.45, 7) is 5.06. The molecule has 2 nitrogen and oxygen atoms in total. The number of hydrogen-bond acceptors (Lipinski definition) is 2. The Balaban J connectivity index is 1.72. The number of halogens is 1. The highest BCUT2D eigenvalue weighted by Crippen LogP contribution is 2.54. The Labute approximate surface area is 127 Å². The molecule has 2 aliphatic carbocycles. The molecule has 0 saturated heterocycles. The van der Waals surface area contributed by atoms with Crippen LogP contribution in [0, 0.1) is 18.2 Å². The molecule has 3 heteroatoms. The van der Waals surface area contributed by atoms with Gasteiger partial charge in [0, 0.05) is 17.9 Å². The molecule has 2 unspecified atom stereocenters. The van der Waals surface area contributed by atoms with Crippen LogP contribution in [-0.4, -0.2) is 18.7 Å². The third-order valence-corrected chi connectivity index (χ3v) is 5.39. The van der Waals surface area contributed by atoms with Gasteiger partial charge in [-0.2, -0.15) is 0 Å². The minimum Gasteiger partial charge on any atom is -0.487 e. The molecule has 1 N–H and O–H groups in total. The van der Waals surface area contributed by atoms with Gasteiger partial charge in [0.05, 0.1) is 0 Å². The largest absolute Gasteiger partial charge is 0.487 e. The Morgan fingerprint density at radius 2 is 2.10 bits per heavy atom. The Morgan fingerprint density at radius 3 is 2.81 bits per heavy atom. The zero-order chi connectivity index (χ0) is 14.9. The van der Waals surface area contributed by atoms with E-state index in [1.807, 2.05) is 6.07 Å². The van der Waals surface area contributed by atoms with Crippen molar-refractivity contribution in [2.45, 2.75) is 64.5 Å². The average Bonchev–Trinajstić information content (AvgIpc) is 2.99.